The molecule has 178 valence electrons. The van der Waals surface area contributed by atoms with Crippen LogP contribution in [0.1, 0.15) is 57.8 Å². The van der Waals surface area contributed by atoms with Gasteiger partial charge in [-0.3, -0.25) is 9.59 Å². The number of amides is 4. The zero-order valence-corrected chi connectivity index (χ0v) is 19.2. The van der Waals surface area contributed by atoms with Crippen molar-refractivity contribution in [1.82, 2.24) is 15.1 Å². The lowest BCUT2D eigenvalue weighted by molar-refractivity contribution is -0.141. The van der Waals surface area contributed by atoms with Crippen LogP contribution in [0.15, 0.2) is 24.3 Å². The molecule has 1 aliphatic carbocycles. The number of para-hydroxylation sites is 2. The number of benzene rings is 1. The van der Waals surface area contributed by atoms with Gasteiger partial charge in [-0.15, -0.1) is 0 Å². The molecule has 3 aliphatic heterocycles. The molecule has 8 nitrogen and oxygen atoms in total. The predicted molar refractivity (Wildman–Crippen MR) is 124 cm³/mol. The van der Waals surface area contributed by atoms with Crippen molar-refractivity contribution in [2.45, 2.75) is 69.4 Å². The quantitative estimate of drug-likeness (QED) is 0.718. The van der Waals surface area contributed by atoms with Gasteiger partial charge in [0.15, 0.2) is 0 Å². The van der Waals surface area contributed by atoms with Crippen LogP contribution in [0, 0.1) is 5.92 Å². The molecule has 4 amide bonds. The summed E-state index contributed by atoms with van der Waals surface area (Å²) in [4.78, 5) is 42.0. The predicted octanol–water partition coefficient (Wildman–Crippen LogP) is 3.13. The Morgan fingerprint density at radius 1 is 0.970 bits per heavy atom. The van der Waals surface area contributed by atoms with E-state index in [1.54, 1.807) is 0 Å². The van der Waals surface area contributed by atoms with E-state index in [-0.39, 0.29) is 23.8 Å². The molecule has 0 radical (unpaired) electrons. The first-order chi connectivity index (χ1) is 16.0. The molecule has 5 rings (SSSR count). The molecule has 1 aromatic rings. The first-order valence-electron chi connectivity index (χ1n) is 12.4. The SMILES string of the molecule is O=C1CC2(CCN(C(=O)C3CCN(C(=O)NC4CCCC4)CC3)CC2)Oc2ccccc2N1. The molecule has 3 fully saturated rings. The largest absolute Gasteiger partial charge is 0.484 e. The van der Waals surface area contributed by atoms with Crippen LogP contribution in [-0.4, -0.2) is 65.5 Å². The summed E-state index contributed by atoms with van der Waals surface area (Å²) in [6.07, 6.45) is 7.56. The molecular weight excluding hydrogens is 420 g/mol. The molecule has 1 saturated carbocycles. The molecule has 1 spiro atoms. The lowest BCUT2D eigenvalue weighted by atomic mass is 9.86. The lowest BCUT2D eigenvalue weighted by Gasteiger charge is -2.42. The van der Waals surface area contributed by atoms with E-state index in [0.717, 1.165) is 12.8 Å². The third kappa shape index (κ3) is 4.80. The topological polar surface area (TPSA) is 91.0 Å². The lowest BCUT2D eigenvalue weighted by Crippen LogP contribution is -2.53. The van der Waals surface area contributed by atoms with Gasteiger partial charge in [0.05, 0.1) is 12.1 Å². The van der Waals surface area contributed by atoms with Crippen LogP contribution in [0.5, 0.6) is 5.75 Å². The summed E-state index contributed by atoms with van der Waals surface area (Å²) in [6, 6.07) is 7.87. The van der Waals surface area contributed by atoms with Crippen molar-refractivity contribution < 1.29 is 19.1 Å². The number of nitrogens with zero attached hydrogens (tertiary/aromatic N) is 2. The molecule has 2 N–H and O–H groups in total. The van der Waals surface area contributed by atoms with Crippen molar-refractivity contribution in [2.75, 3.05) is 31.5 Å². The number of hydrogen-bond donors (Lipinski definition) is 2. The number of nitrogens with one attached hydrogen (secondary N) is 2. The fourth-order valence-corrected chi connectivity index (χ4v) is 5.75. The van der Waals surface area contributed by atoms with Crippen molar-refractivity contribution in [3.8, 4) is 5.75 Å². The molecule has 0 aromatic heterocycles. The number of anilines is 1. The summed E-state index contributed by atoms with van der Waals surface area (Å²) in [5.41, 5.74) is 0.149. The van der Waals surface area contributed by atoms with Crippen LogP contribution in [0.3, 0.4) is 0 Å². The number of urea groups is 1. The van der Waals surface area contributed by atoms with Crippen LogP contribution < -0.4 is 15.4 Å². The Labute approximate surface area is 195 Å². The van der Waals surface area contributed by atoms with E-state index < -0.39 is 5.60 Å². The fourth-order valence-electron chi connectivity index (χ4n) is 5.75. The van der Waals surface area contributed by atoms with Gasteiger partial charge in [0.2, 0.25) is 11.8 Å². The van der Waals surface area contributed by atoms with Gasteiger partial charge in [0, 0.05) is 51.0 Å². The molecule has 8 heteroatoms. The highest BCUT2D eigenvalue weighted by Crippen LogP contribution is 2.38. The maximum atomic E-state index is 13.2. The Kier molecular flexibility index (Phi) is 6.17. The van der Waals surface area contributed by atoms with Crippen molar-refractivity contribution in [3.05, 3.63) is 24.3 Å². The first-order valence-corrected chi connectivity index (χ1v) is 12.4. The van der Waals surface area contributed by atoms with Gasteiger partial charge in [-0.05, 0) is 37.8 Å². The van der Waals surface area contributed by atoms with Crippen LogP contribution in [0.4, 0.5) is 10.5 Å². The third-order valence-corrected chi connectivity index (χ3v) is 7.77. The standard InChI is InChI=1S/C25H34N4O4/c30-22-17-25(33-21-8-4-3-7-20(21)27-22)11-15-28(16-12-25)23(31)18-9-13-29(14-10-18)24(32)26-19-5-1-2-6-19/h3-4,7-8,18-19H,1-2,5-6,9-17H2,(H,26,32)(H,27,30). The Hall–Kier alpha value is -2.77. The summed E-state index contributed by atoms with van der Waals surface area (Å²) in [6.45, 7) is 2.45. The second-order valence-corrected chi connectivity index (χ2v) is 10.0. The minimum atomic E-state index is -0.560. The zero-order chi connectivity index (χ0) is 22.8. The Morgan fingerprint density at radius 3 is 2.39 bits per heavy atom. The first kappa shape index (κ1) is 22.0. The summed E-state index contributed by atoms with van der Waals surface area (Å²) in [5.74, 6) is 0.808. The van der Waals surface area contributed by atoms with Crippen molar-refractivity contribution in [1.29, 1.82) is 0 Å². The van der Waals surface area contributed by atoms with E-state index in [4.69, 9.17) is 4.74 Å². The minimum Gasteiger partial charge on any atom is -0.484 e. The molecule has 0 atom stereocenters. The molecule has 4 aliphatic rings. The van der Waals surface area contributed by atoms with E-state index in [9.17, 15) is 14.4 Å². The summed E-state index contributed by atoms with van der Waals surface area (Å²) in [5, 5.41) is 6.08. The number of carbonyl (C=O) groups is 3. The van der Waals surface area contributed by atoms with E-state index in [2.05, 4.69) is 10.6 Å². The highest BCUT2D eigenvalue weighted by atomic mass is 16.5. The van der Waals surface area contributed by atoms with E-state index >= 15 is 0 Å². The number of rotatable bonds is 2. The maximum absolute atomic E-state index is 13.2. The normalized spacial score (nSPS) is 23.5. The average Bonchev–Trinajstić information content (AvgIpc) is 3.28. The summed E-state index contributed by atoms with van der Waals surface area (Å²) >= 11 is 0. The molecule has 3 heterocycles. The van der Waals surface area contributed by atoms with Crippen molar-refractivity contribution in [2.24, 2.45) is 5.92 Å². The molecule has 33 heavy (non-hydrogen) atoms. The van der Waals surface area contributed by atoms with Crippen LogP contribution in [-0.2, 0) is 9.59 Å². The molecule has 0 bridgehead atoms. The second kappa shape index (κ2) is 9.23. The number of ether oxygens (including phenoxy) is 1. The fraction of sp³-hybridized carbons (Fsp3) is 0.640. The Bertz CT molecular complexity index is 897. The Balaban J connectivity index is 1.13. The number of piperidine rings is 2. The average molecular weight is 455 g/mol. The molecule has 1 aromatic carbocycles. The molecule has 2 saturated heterocycles. The highest BCUT2D eigenvalue weighted by Gasteiger charge is 2.43. The van der Waals surface area contributed by atoms with Crippen LogP contribution in [0.25, 0.3) is 0 Å². The zero-order valence-electron chi connectivity index (χ0n) is 19.2. The monoisotopic (exact) mass is 454 g/mol. The smallest absolute Gasteiger partial charge is 0.317 e. The van der Waals surface area contributed by atoms with Gasteiger partial charge in [-0.25, -0.2) is 4.79 Å². The van der Waals surface area contributed by atoms with Crippen LogP contribution >= 0.6 is 0 Å². The number of carbonyl (C=O) groups excluding carboxylic acids is 3. The van der Waals surface area contributed by atoms with Gasteiger partial charge in [-0.1, -0.05) is 25.0 Å². The third-order valence-electron chi connectivity index (χ3n) is 7.77. The highest BCUT2D eigenvalue weighted by molar-refractivity contribution is 5.93. The van der Waals surface area contributed by atoms with E-state index in [1.807, 2.05) is 34.1 Å². The summed E-state index contributed by atoms with van der Waals surface area (Å²) < 4.78 is 6.35. The van der Waals surface area contributed by atoms with Gasteiger partial charge in [0.1, 0.15) is 11.4 Å². The molecular formula is C25H34N4O4. The summed E-state index contributed by atoms with van der Waals surface area (Å²) in [7, 11) is 0. The molecule has 0 unspecified atom stereocenters. The number of hydrogen-bond acceptors (Lipinski definition) is 4. The minimum absolute atomic E-state index is 0.0248. The van der Waals surface area contributed by atoms with Crippen molar-refractivity contribution >= 4 is 23.5 Å². The van der Waals surface area contributed by atoms with E-state index in [1.165, 1.54) is 12.8 Å². The van der Waals surface area contributed by atoms with E-state index in [0.29, 0.717) is 75.8 Å². The van der Waals surface area contributed by atoms with Gasteiger partial charge >= 0.3 is 6.03 Å². The van der Waals surface area contributed by atoms with Crippen LogP contribution in [0.2, 0.25) is 0 Å². The number of likely N-dealkylation sites (tertiary alicyclic amines) is 2. The van der Waals surface area contributed by atoms with Crippen molar-refractivity contribution in [3.63, 3.8) is 0 Å². The van der Waals surface area contributed by atoms with Gasteiger partial charge < -0.3 is 25.2 Å². The second-order valence-electron chi connectivity index (χ2n) is 10.0. The van der Waals surface area contributed by atoms with Gasteiger partial charge in [-0.2, -0.15) is 0 Å². The van der Waals surface area contributed by atoms with Gasteiger partial charge in [0.25, 0.3) is 0 Å². The Morgan fingerprint density at radius 2 is 1.67 bits per heavy atom. The maximum Gasteiger partial charge on any atom is 0.317 e. The number of fused-ring (bicyclic) bond motifs is 1.